The molecule has 0 saturated heterocycles. The Balaban J connectivity index is 1.94. The number of nitrogens with one attached hydrogen (secondary N) is 1. The first-order valence-electron chi connectivity index (χ1n) is 8.58. The van der Waals surface area contributed by atoms with E-state index in [9.17, 15) is 4.79 Å². The van der Waals surface area contributed by atoms with Gasteiger partial charge in [-0.15, -0.1) is 0 Å². The number of hydrogen-bond acceptors (Lipinski definition) is 3. The normalized spacial score (nSPS) is 10.9. The third kappa shape index (κ3) is 9.27. The number of aromatic amines is 1. The highest BCUT2D eigenvalue weighted by molar-refractivity contribution is 5.17. The highest BCUT2D eigenvalue weighted by atomic mass is 16.1. The van der Waals surface area contributed by atoms with E-state index in [0.29, 0.717) is 0 Å². The summed E-state index contributed by atoms with van der Waals surface area (Å²) in [7, 11) is 0. The van der Waals surface area contributed by atoms with Gasteiger partial charge in [-0.3, -0.25) is 9.78 Å². The fourth-order valence-corrected chi connectivity index (χ4v) is 2.63. The summed E-state index contributed by atoms with van der Waals surface area (Å²) in [5.41, 5.74) is 6.18. The van der Waals surface area contributed by atoms with Crippen LogP contribution in [0, 0.1) is 0 Å². The molecule has 4 heteroatoms. The first-order chi connectivity index (χ1) is 10.2. The molecular formula is C17H31N3O. The minimum Gasteiger partial charge on any atom is -0.369 e. The molecule has 120 valence electrons. The Labute approximate surface area is 128 Å². The molecule has 0 spiro atoms. The highest BCUT2D eigenvalue weighted by Gasteiger charge is 1.99. The molecule has 21 heavy (non-hydrogen) atoms. The Hall–Kier alpha value is -1.32. The number of aromatic nitrogens is 2. The third-order valence-electron chi connectivity index (χ3n) is 3.85. The summed E-state index contributed by atoms with van der Waals surface area (Å²) >= 11 is 0. The molecule has 1 aromatic heterocycles. The van der Waals surface area contributed by atoms with Gasteiger partial charge in [-0.1, -0.05) is 71.1 Å². The van der Waals surface area contributed by atoms with Gasteiger partial charge in [0.25, 0.3) is 5.56 Å². The topological polar surface area (TPSA) is 71.8 Å². The van der Waals surface area contributed by atoms with Crippen LogP contribution in [0.15, 0.2) is 10.9 Å². The lowest BCUT2D eigenvalue weighted by Gasteiger charge is -2.03. The lowest BCUT2D eigenvalue weighted by Crippen LogP contribution is -2.11. The van der Waals surface area contributed by atoms with E-state index in [-0.39, 0.29) is 11.5 Å². The van der Waals surface area contributed by atoms with Gasteiger partial charge < -0.3 is 5.73 Å². The number of unbranched alkanes of at least 4 members (excludes halogenated alkanes) is 10. The maximum atomic E-state index is 11.2. The summed E-state index contributed by atoms with van der Waals surface area (Å²) in [6.07, 6.45) is 15.4. The summed E-state index contributed by atoms with van der Waals surface area (Å²) in [5.74, 6) is 0.223. The molecule has 4 nitrogen and oxygen atoms in total. The average Bonchev–Trinajstić information content (AvgIpc) is 2.44. The Morgan fingerprint density at radius 2 is 1.48 bits per heavy atom. The van der Waals surface area contributed by atoms with E-state index >= 15 is 0 Å². The van der Waals surface area contributed by atoms with Gasteiger partial charge in [0.15, 0.2) is 0 Å². The molecule has 0 atom stereocenters. The van der Waals surface area contributed by atoms with Gasteiger partial charge in [0.1, 0.15) is 0 Å². The van der Waals surface area contributed by atoms with Crippen molar-refractivity contribution in [3.05, 3.63) is 22.1 Å². The van der Waals surface area contributed by atoms with Crippen molar-refractivity contribution in [3.63, 3.8) is 0 Å². The number of nitrogen functional groups attached to an aromatic ring is 1. The van der Waals surface area contributed by atoms with Crippen molar-refractivity contribution in [1.82, 2.24) is 9.97 Å². The third-order valence-corrected chi connectivity index (χ3v) is 3.85. The molecule has 0 aliphatic heterocycles. The minimum atomic E-state index is -0.152. The zero-order chi connectivity index (χ0) is 15.3. The Morgan fingerprint density at radius 1 is 0.952 bits per heavy atom. The van der Waals surface area contributed by atoms with Crippen molar-refractivity contribution < 1.29 is 0 Å². The fourth-order valence-electron chi connectivity index (χ4n) is 2.63. The van der Waals surface area contributed by atoms with Crippen LogP contribution >= 0.6 is 0 Å². The first-order valence-corrected chi connectivity index (χ1v) is 8.58. The summed E-state index contributed by atoms with van der Waals surface area (Å²) in [4.78, 5) is 17.8. The number of H-pyrrole nitrogens is 1. The van der Waals surface area contributed by atoms with E-state index in [0.717, 1.165) is 18.5 Å². The van der Waals surface area contributed by atoms with E-state index < -0.39 is 0 Å². The first kappa shape index (κ1) is 17.7. The second-order valence-corrected chi connectivity index (χ2v) is 5.91. The minimum absolute atomic E-state index is 0.152. The number of nitrogens with two attached hydrogens (primary N) is 1. The summed E-state index contributed by atoms with van der Waals surface area (Å²) in [5, 5.41) is 0. The van der Waals surface area contributed by atoms with Gasteiger partial charge >= 0.3 is 0 Å². The van der Waals surface area contributed by atoms with E-state index in [1.807, 2.05) is 0 Å². The summed E-state index contributed by atoms with van der Waals surface area (Å²) < 4.78 is 0. The van der Waals surface area contributed by atoms with E-state index in [4.69, 9.17) is 5.73 Å². The summed E-state index contributed by atoms with van der Waals surface area (Å²) in [6.45, 7) is 2.26. The molecule has 1 heterocycles. The predicted octanol–water partition coefficient (Wildman–Crippen LogP) is 4.21. The molecular weight excluding hydrogens is 262 g/mol. The van der Waals surface area contributed by atoms with Crippen molar-refractivity contribution >= 4 is 5.95 Å². The quantitative estimate of drug-likeness (QED) is 0.567. The number of aryl methyl sites for hydroxylation is 1. The Kier molecular flexibility index (Phi) is 9.58. The second-order valence-electron chi connectivity index (χ2n) is 5.91. The van der Waals surface area contributed by atoms with Crippen molar-refractivity contribution in [2.24, 2.45) is 0 Å². The van der Waals surface area contributed by atoms with Gasteiger partial charge in [0, 0.05) is 11.8 Å². The molecule has 1 rings (SSSR count). The number of anilines is 1. The summed E-state index contributed by atoms with van der Waals surface area (Å²) in [6, 6.07) is 1.55. The molecule has 0 unspecified atom stereocenters. The van der Waals surface area contributed by atoms with Gasteiger partial charge in [-0.2, -0.15) is 0 Å². The average molecular weight is 293 g/mol. The monoisotopic (exact) mass is 293 g/mol. The lowest BCUT2D eigenvalue weighted by molar-refractivity contribution is 0.549. The molecule has 0 bridgehead atoms. The molecule has 0 aromatic carbocycles. The van der Waals surface area contributed by atoms with E-state index in [1.54, 1.807) is 6.07 Å². The van der Waals surface area contributed by atoms with Crippen LogP contribution in [0.4, 0.5) is 5.95 Å². The molecule has 1 aromatic rings. The van der Waals surface area contributed by atoms with Crippen molar-refractivity contribution in [2.45, 2.75) is 84.0 Å². The molecule has 0 fully saturated rings. The molecule has 0 radical (unpaired) electrons. The number of hydrogen-bond donors (Lipinski definition) is 2. The molecule has 3 N–H and O–H groups in total. The molecule has 0 amide bonds. The van der Waals surface area contributed by atoms with Gasteiger partial charge in [-0.05, 0) is 12.8 Å². The van der Waals surface area contributed by atoms with Crippen LogP contribution in [0.5, 0.6) is 0 Å². The Bertz CT molecular complexity index is 428. The molecule has 0 saturated carbocycles. The van der Waals surface area contributed by atoms with Crippen LogP contribution in [0.2, 0.25) is 0 Å². The van der Waals surface area contributed by atoms with Crippen molar-refractivity contribution in [3.8, 4) is 0 Å². The maximum Gasteiger partial charge on any atom is 0.252 e. The Morgan fingerprint density at radius 3 is 2.00 bits per heavy atom. The van der Waals surface area contributed by atoms with Crippen LogP contribution in [-0.4, -0.2) is 9.97 Å². The van der Waals surface area contributed by atoms with Gasteiger partial charge in [0.2, 0.25) is 5.95 Å². The van der Waals surface area contributed by atoms with Crippen LogP contribution < -0.4 is 11.3 Å². The SMILES string of the molecule is CCCCCCCCCCCCCc1cc(=O)[nH]c(N)n1. The number of rotatable bonds is 12. The zero-order valence-electron chi connectivity index (χ0n) is 13.5. The molecule has 0 aliphatic rings. The second kappa shape index (κ2) is 11.4. The van der Waals surface area contributed by atoms with Crippen LogP contribution in [0.25, 0.3) is 0 Å². The van der Waals surface area contributed by atoms with Crippen LogP contribution in [0.3, 0.4) is 0 Å². The molecule has 0 aliphatic carbocycles. The van der Waals surface area contributed by atoms with E-state index in [1.165, 1.54) is 64.2 Å². The van der Waals surface area contributed by atoms with E-state index in [2.05, 4.69) is 16.9 Å². The zero-order valence-corrected chi connectivity index (χ0v) is 13.5. The lowest BCUT2D eigenvalue weighted by atomic mass is 10.0. The highest BCUT2D eigenvalue weighted by Crippen LogP contribution is 2.12. The van der Waals surface area contributed by atoms with Crippen molar-refractivity contribution in [2.75, 3.05) is 5.73 Å². The fraction of sp³-hybridized carbons (Fsp3) is 0.765. The maximum absolute atomic E-state index is 11.2. The van der Waals surface area contributed by atoms with Gasteiger partial charge in [-0.25, -0.2) is 4.98 Å². The predicted molar refractivity (Wildman–Crippen MR) is 89.4 cm³/mol. The smallest absolute Gasteiger partial charge is 0.252 e. The van der Waals surface area contributed by atoms with Gasteiger partial charge in [0.05, 0.1) is 0 Å². The standard InChI is InChI=1S/C17H31N3O/c1-2-3-4-5-6-7-8-9-10-11-12-13-15-14-16(21)20-17(18)19-15/h14H,2-13H2,1H3,(H3,18,19,20,21). The van der Waals surface area contributed by atoms with Crippen molar-refractivity contribution in [1.29, 1.82) is 0 Å². The largest absolute Gasteiger partial charge is 0.369 e. The van der Waals surface area contributed by atoms with Crippen LogP contribution in [0.1, 0.15) is 83.2 Å². The van der Waals surface area contributed by atoms with Crippen LogP contribution in [-0.2, 0) is 6.42 Å². The number of nitrogens with zero attached hydrogens (tertiary/aromatic N) is 1.